The fourth-order valence-electron chi connectivity index (χ4n) is 1.04. The van der Waals surface area contributed by atoms with Crippen molar-refractivity contribution in [2.24, 2.45) is 5.92 Å². The molecule has 0 amide bonds. The maximum Gasteiger partial charge on any atom is 0.306 e. The Hall–Kier alpha value is -1.65. The molecule has 0 aliphatic carbocycles. The summed E-state index contributed by atoms with van der Waals surface area (Å²) in [7, 11) is 0. The second kappa shape index (κ2) is 4.04. The van der Waals surface area contributed by atoms with Gasteiger partial charge in [-0.2, -0.15) is 0 Å². The minimum absolute atomic E-state index is 0.0521. The van der Waals surface area contributed by atoms with Crippen LogP contribution in [-0.2, 0) is 11.2 Å². The summed E-state index contributed by atoms with van der Waals surface area (Å²) in [6.45, 7) is 3.26. The molecule has 5 heteroatoms. The van der Waals surface area contributed by atoms with E-state index in [1.54, 1.807) is 13.8 Å². The summed E-state index contributed by atoms with van der Waals surface area (Å²) in [5.41, 5.74) is 0.382. The molecule has 1 aromatic rings. The number of aliphatic carboxylic acids is 1. The molecule has 0 aromatic carbocycles. The highest BCUT2D eigenvalue weighted by molar-refractivity contribution is 5.69. The number of aryl methyl sites for hydroxylation is 1. The highest BCUT2D eigenvalue weighted by Gasteiger charge is 2.15. The predicted molar refractivity (Wildman–Crippen MR) is 48.9 cm³/mol. The van der Waals surface area contributed by atoms with E-state index in [2.05, 4.69) is 9.97 Å². The minimum atomic E-state index is -0.902. The van der Waals surface area contributed by atoms with Crippen molar-refractivity contribution in [1.29, 1.82) is 0 Å². The van der Waals surface area contributed by atoms with Crippen LogP contribution in [0.2, 0.25) is 0 Å². The van der Waals surface area contributed by atoms with Crippen LogP contribution in [0.3, 0.4) is 0 Å². The van der Waals surface area contributed by atoms with Crippen LogP contribution in [0.4, 0.5) is 0 Å². The first kappa shape index (κ1) is 10.4. The van der Waals surface area contributed by atoms with E-state index in [4.69, 9.17) is 5.11 Å². The van der Waals surface area contributed by atoms with E-state index in [-0.39, 0.29) is 12.2 Å². The molecule has 1 unspecified atom stereocenters. The monoisotopic (exact) mass is 196 g/mol. The van der Waals surface area contributed by atoms with Crippen LogP contribution in [0.1, 0.15) is 18.4 Å². The Bertz CT molecular complexity index is 352. The molecule has 5 nitrogen and oxygen atoms in total. The summed E-state index contributed by atoms with van der Waals surface area (Å²) in [4.78, 5) is 18.3. The first-order valence-corrected chi connectivity index (χ1v) is 4.25. The zero-order valence-electron chi connectivity index (χ0n) is 8.06. The molecule has 0 bridgehead atoms. The van der Waals surface area contributed by atoms with Gasteiger partial charge in [0.15, 0.2) is 5.75 Å². The number of carboxylic acids is 1. The van der Waals surface area contributed by atoms with Crippen molar-refractivity contribution < 1.29 is 15.0 Å². The molecule has 76 valence electrons. The van der Waals surface area contributed by atoms with Crippen molar-refractivity contribution in [1.82, 2.24) is 9.97 Å². The predicted octanol–water partition coefficient (Wildman–Crippen LogP) is 0.754. The summed E-state index contributed by atoms with van der Waals surface area (Å²) < 4.78 is 0. The average molecular weight is 196 g/mol. The summed E-state index contributed by atoms with van der Waals surface area (Å²) >= 11 is 0. The molecule has 1 rings (SSSR count). The van der Waals surface area contributed by atoms with Crippen LogP contribution in [-0.4, -0.2) is 26.2 Å². The Morgan fingerprint density at radius 1 is 1.64 bits per heavy atom. The van der Waals surface area contributed by atoms with Crippen molar-refractivity contribution in [3.05, 3.63) is 17.7 Å². The molecule has 0 saturated carbocycles. The van der Waals surface area contributed by atoms with Crippen molar-refractivity contribution in [3.8, 4) is 5.75 Å². The van der Waals surface area contributed by atoms with E-state index in [0.717, 1.165) is 0 Å². The number of aromatic hydroxyl groups is 1. The topological polar surface area (TPSA) is 83.3 Å². The van der Waals surface area contributed by atoms with Crippen molar-refractivity contribution in [2.45, 2.75) is 20.3 Å². The maximum atomic E-state index is 10.6. The van der Waals surface area contributed by atoms with Gasteiger partial charge in [0.25, 0.3) is 0 Å². The van der Waals surface area contributed by atoms with Gasteiger partial charge in [-0.05, 0) is 6.92 Å². The minimum Gasteiger partial charge on any atom is -0.504 e. The zero-order chi connectivity index (χ0) is 10.7. The number of nitrogens with zero attached hydrogens (tertiary/aromatic N) is 2. The smallest absolute Gasteiger partial charge is 0.306 e. The van der Waals surface area contributed by atoms with Gasteiger partial charge in [0.2, 0.25) is 0 Å². The summed E-state index contributed by atoms with van der Waals surface area (Å²) in [6, 6.07) is 0. The number of hydrogen-bond acceptors (Lipinski definition) is 4. The van der Waals surface area contributed by atoms with Crippen LogP contribution in [0.5, 0.6) is 5.75 Å². The number of hydrogen-bond donors (Lipinski definition) is 2. The van der Waals surface area contributed by atoms with Gasteiger partial charge in [-0.15, -0.1) is 0 Å². The summed E-state index contributed by atoms with van der Waals surface area (Å²) in [5, 5.41) is 18.0. The fraction of sp³-hybridized carbons (Fsp3) is 0.444. The quantitative estimate of drug-likeness (QED) is 0.745. The van der Waals surface area contributed by atoms with E-state index >= 15 is 0 Å². The number of aromatic nitrogens is 2. The number of carbonyl (C=O) groups is 1. The van der Waals surface area contributed by atoms with Gasteiger partial charge in [0.1, 0.15) is 5.82 Å². The van der Waals surface area contributed by atoms with Crippen molar-refractivity contribution in [3.63, 3.8) is 0 Å². The van der Waals surface area contributed by atoms with Gasteiger partial charge in [0.05, 0.1) is 17.8 Å². The molecule has 0 radical (unpaired) electrons. The van der Waals surface area contributed by atoms with Crippen LogP contribution >= 0.6 is 0 Å². The maximum absolute atomic E-state index is 10.6. The molecule has 0 aliphatic rings. The van der Waals surface area contributed by atoms with E-state index in [0.29, 0.717) is 11.5 Å². The van der Waals surface area contributed by atoms with Crippen LogP contribution in [0, 0.1) is 12.8 Å². The number of carboxylic acid groups (broad SMARTS) is 1. The lowest BCUT2D eigenvalue weighted by Gasteiger charge is -2.07. The van der Waals surface area contributed by atoms with Crippen LogP contribution in [0.25, 0.3) is 0 Å². The first-order valence-electron chi connectivity index (χ1n) is 4.25. The third kappa shape index (κ3) is 2.42. The molecule has 0 saturated heterocycles. The van der Waals surface area contributed by atoms with Gasteiger partial charge < -0.3 is 10.2 Å². The SMILES string of the molecule is Cc1ncc(O)c(CC(C)C(=O)O)n1. The van der Waals surface area contributed by atoms with Gasteiger partial charge in [-0.1, -0.05) is 6.92 Å². The molecule has 1 atom stereocenters. The molecule has 1 aromatic heterocycles. The Morgan fingerprint density at radius 2 is 2.29 bits per heavy atom. The van der Waals surface area contributed by atoms with Crippen LogP contribution < -0.4 is 0 Å². The van der Waals surface area contributed by atoms with Crippen molar-refractivity contribution in [2.75, 3.05) is 0 Å². The average Bonchev–Trinajstić information content (AvgIpc) is 2.11. The molecule has 14 heavy (non-hydrogen) atoms. The van der Waals surface area contributed by atoms with Crippen molar-refractivity contribution >= 4 is 5.97 Å². The lowest BCUT2D eigenvalue weighted by atomic mass is 10.1. The number of rotatable bonds is 3. The second-order valence-corrected chi connectivity index (χ2v) is 3.19. The summed E-state index contributed by atoms with van der Waals surface area (Å²) in [5.74, 6) is -0.991. The summed E-state index contributed by atoms with van der Waals surface area (Å²) in [6.07, 6.45) is 1.50. The highest BCUT2D eigenvalue weighted by atomic mass is 16.4. The van der Waals surface area contributed by atoms with E-state index in [1.165, 1.54) is 6.20 Å². The molecular weight excluding hydrogens is 184 g/mol. The Morgan fingerprint density at radius 3 is 2.86 bits per heavy atom. The third-order valence-corrected chi connectivity index (χ3v) is 1.89. The van der Waals surface area contributed by atoms with Gasteiger partial charge >= 0.3 is 5.97 Å². The largest absolute Gasteiger partial charge is 0.504 e. The molecule has 0 spiro atoms. The van der Waals surface area contributed by atoms with E-state index in [1.807, 2.05) is 0 Å². The normalized spacial score (nSPS) is 12.4. The second-order valence-electron chi connectivity index (χ2n) is 3.19. The Balaban J connectivity index is 2.85. The van der Waals surface area contributed by atoms with E-state index in [9.17, 15) is 9.90 Å². The standard InChI is InChI=1S/C9H12N2O3/c1-5(9(13)14)3-7-8(12)4-10-6(2)11-7/h4-5,12H,3H2,1-2H3,(H,13,14). The Labute approximate surface area is 81.4 Å². The molecule has 0 fully saturated rings. The van der Waals surface area contributed by atoms with Gasteiger partial charge in [-0.25, -0.2) is 9.97 Å². The first-order chi connectivity index (χ1) is 6.50. The Kier molecular flexibility index (Phi) is 3.01. The highest BCUT2D eigenvalue weighted by Crippen LogP contribution is 2.16. The van der Waals surface area contributed by atoms with Gasteiger partial charge in [-0.3, -0.25) is 4.79 Å². The molecule has 0 aliphatic heterocycles. The molecule has 2 N–H and O–H groups in total. The van der Waals surface area contributed by atoms with E-state index < -0.39 is 11.9 Å². The van der Waals surface area contributed by atoms with Crippen LogP contribution in [0.15, 0.2) is 6.20 Å². The zero-order valence-corrected chi connectivity index (χ0v) is 8.06. The molecular formula is C9H12N2O3. The van der Waals surface area contributed by atoms with Gasteiger partial charge in [0, 0.05) is 6.42 Å². The fourth-order valence-corrected chi connectivity index (χ4v) is 1.04. The lowest BCUT2D eigenvalue weighted by molar-refractivity contribution is -0.141. The lowest BCUT2D eigenvalue weighted by Crippen LogP contribution is -2.13. The third-order valence-electron chi connectivity index (χ3n) is 1.89. The molecule has 1 heterocycles.